The Hall–Kier alpha value is -0.410. The van der Waals surface area contributed by atoms with Gasteiger partial charge in [0.05, 0.1) is 20.2 Å². The summed E-state index contributed by atoms with van der Waals surface area (Å²) in [6, 6.07) is 0. The predicted molar refractivity (Wildman–Crippen MR) is 39.2 cm³/mol. The maximum atomic E-state index is 12.2. The summed E-state index contributed by atoms with van der Waals surface area (Å²) in [7, 11) is 1.75. The number of hydrogen-bond acceptors (Lipinski definition) is 1. The number of rotatable bonds is 5. The van der Waals surface area contributed by atoms with Crippen molar-refractivity contribution in [2.75, 3.05) is 33.5 Å². The molecule has 0 saturated carbocycles. The first-order chi connectivity index (χ1) is 4.68. The minimum atomic E-state index is -0.452. The molecule has 0 fully saturated rings. The standard InChI is InChI=1S/C7H15FNO/c1-3-4-9(2,7-8)5-6-10/h3,10H,1,4-7H2,2H3/q+1/i8-1. The van der Waals surface area contributed by atoms with Crippen LogP contribution in [-0.2, 0) is 0 Å². The number of aliphatic hydroxyl groups is 1. The fraction of sp³-hybridized carbons (Fsp3) is 0.714. The van der Waals surface area contributed by atoms with Crippen LogP contribution in [0.2, 0.25) is 0 Å². The predicted octanol–water partition coefficient (Wildman–Crippen LogP) is 0.538. The van der Waals surface area contributed by atoms with Crippen molar-refractivity contribution >= 4 is 0 Å². The monoisotopic (exact) mass is 147 g/mol. The molecule has 0 bridgehead atoms. The smallest absolute Gasteiger partial charge is 0.222 e. The molecule has 0 heterocycles. The molecule has 1 unspecified atom stereocenters. The van der Waals surface area contributed by atoms with E-state index in [0.29, 0.717) is 13.1 Å². The SMILES string of the molecule is C=CC[N+](C)(C[18F])CCO. The molecule has 0 aromatic heterocycles. The largest absolute Gasteiger partial charge is 0.391 e. The van der Waals surface area contributed by atoms with Crippen LogP contribution in [0.1, 0.15) is 0 Å². The van der Waals surface area contributed by atoms with Crippen LogP contribution in [0.3, 0.4) is 0 Å². The lowest BCUT2D eigenvalue weighted by atomic mass is 10.4. The normalized spacial score (nSPS) is 16.3. The maximum Gasteiger partial charge on any atom is 0.222 e. The van der Waals surface area contributed by atoms with Crippen LogP contribution in [0.5, 0.6) is 0 Å². The first-order valence-corrected chi connectivity index (χ1v) is 3.30. The molecule has 0 rings (SSSR count). The summed E-state index contributed by atoms with van der Waals surface area (Å²) in [6.45, 7) is 4.10. The average molecular weight is 147 g/mol. The molecule has 3 heteroatoms. The Bertz CT molecular complexity index is 108. The van der Waals surface area contributed by atoms with Crippen LogP contribution < -0.4 is 0 Å². The molecule has 0 aliphatic rings. The van der Waals surface area contributed by atoms with Crippen molar-refractivity contribution in [1.82, 2.24) is 0 Å². The van der Waals surface area contributed by atoms with Gasteiger partial charge in [-0.2, -0.15) is 4.39 Å². The van der Waals surface area contributed by atoms with Crippen LogP contribution in [0, 0.1) is 0 Å². The molecule has 0 aromatic carbocycles. The molecule has 0 aliphatic carbocycles. The molecule has 0 aromatic rings. The number of nitrogens with zero attached hydrogens (tertiary/aromatic N) is 1. The number of hydrogen-bond donors (Lipinski definition) is 1. The van der Waals surface area contributed by atoms with Crippen molar-refractivity contribution in [3.05, 3.63) is 12.7 Å². The van der Waals surface area contributed by atoms with Gasteiger partial charge in [0.2, 0.25) is 6.80 Å². The van der Waals surface area contributed by atoms with Gasteiger partial charge in [-0.3, -0.25) is 4.48 Å². The van der Waals surface area contributed by atoms with Gasteiger partial charge in [-0.15, -0.1) is 0 Å². The number of halogens is 1. The van der Waals surface area contributed by atoms with Gasteiger partial charge in [-0.05, 0) is 6.08 Å². The molecule has 10 heavy (non-hydrogen) atoms. The van der Waals surface area contributed by atoms with E-state index in [9.17, 15) is 4.39 Å². The first kappa shape index (κ1) is 9.59. The highest BCUT2D eigenvalue weighted by atomic mass is 18.2. The summed E-state index contributed by atoms with van der Waals surface area (Å²) in [5.41, 5.74) is 0. The van der Waals surface area contributed by atoms with E-state index in [1.54, 1.807) is 13.1 Å². The summed E-state index contributed by atoms with van der Waals surface area (Å²) in [4.78, 5) is 0. The highest BCUT2D eigenvalue weighted by Gasteiger charge is 2.17. The second-order valence-corrected chi connectivity index (χ2v) is 2.66. The zero-order valence-corrected chi connectivity index (χ0v) is 6.39. The van der Waals surface area contributed by atoms with Gasteiger partial charge < -0.3 is 5.11 Å². The van der Waals surface area contributed by atoms with Crippen molar-refractivity contribution in [2.24, 2.45) is 0 Å². The number of likely N-dealkylation sites (N-methyl/N-ethyl adjacent to an activating group) is 1. The number of quaternary nitrogens is 1. The summed E-state index contributed by atoms with van der Waals surface area (Å²) >= 11 is 0. The first-order valence-electron chi connectivity index (χ1n) is 3.30. The Morgan fingerprint density at radius 2 is 2.30 bits per heavy atom. The Balaban J connectivity index is 3.80. The van der Waals surface area contributed by atoms with Crippen molar-refractivity contribution < 1.29 is 14.0 Å². The Kier molecular flexibility index (Phi) is 4.23. The molecule has 0 spiro atoms. The Morgan fingerprint density at radius 3 is 2.60 bits per heavy atom. The van der Waals surface area contributed by atoms with Crippen LogP contribution in [0.4, 0.5) is 4.39 Å². The fourth-order valence-electron chi connectivity index (χ4n) is 0.753. The van der Waals surface area contributed by atoms with Gasteiger partial charge in [0.25, 0.3) is 0 Å². The van der Waals surface area contributed by atoms with Crippen molar-refractivity contribution in [2.45, 2.75) is 0 Å². The summed E-state index contributed by atoms with van der Waals surface area (Å²) < 4.78 is 12.5. The molecular formula is C7H15FNO+. The van der Waals surface area contributed by atoms with Crippen LogP contribution in [-0.4, -0.2) is 43.1 Å². The van der Waals surface area contributed by atoms with Gasteiger partial charge >= 0.3 is 0 Å². The molecule has 1 atom stereocenters. The minimum Gasteiger partial charge on any atom is -0.391 e. The molecule has 1 N–H and O–H groups in total. The van der Waals surface area contributed by atoms with E-state index in [0.717, 1.165) is 0 Å². The van der Waals surface area contributed by atoms with Gasteiger partial charge in [0.1, 0.15) is 6.54 Å². The third-order valence-electron chi connectivity index (χ3n) is 1.50. The second-order valence-electron chi connectivity index (χ2n) is 2.66. The molecule has 60 valence electrons. The van der Waals surface area contributed by atoms with Crippen molar-refractivity contribution in [1.29, 1.82) is 0 Å². The Morgan fingerprint density at radius 1 is 1.70 bits per heavy atom. The highest BCUT2D eigenvalue weighted by molar-refractivity contribution is 4.64. The number of aliphatic hydroxyl groups excluding tert-OH is 1. The Labute approximate surface area is 61.2 Å². The lowest BCUT2D eigenvalue weighted by molar-refractivity contribution is -0.916. The van der Waals surface area contributed by atoms with Gasteiger partial charge in [-0.25, -0.2) is 0 Å². The molecule has 0 radical (unpaired) electrons. The highest BCUT2D eigenvalue weighted by Crippen LogP contribution is 2.00. The van der Waals surface area contributed by atoms with Crippen molar-refractivity contribution in [3.8, 4) is 0 Å². The molecule has 0 saturated heterocycles. The molecule has 0 aliphatic heterocycles. The van der Waals surface area contributed by atoms with E-state index in [2.05, 4.69) is 6.58 Å². The van der Waals surface area contributed by atoms with Crippen molar-refractivity contribution in [3.63, 3.8) is 0 Å². The lowest BCUT2D eigenvalue weighted by Gasteiger charge is -2.28. The van der Waals surface area contributed by atoms with E-state index >= 15 is 0 Å². The second kappa shape index (κ2) is 4.41. The van der Waals surface area contributed by atoms with E-state index in [1.807, 2.05) is 0 Å². The quantitative estimate of drug-likeness (QED) is 0.342. The van der Waals surface area contributed by atoms with Gasteiger partial charge in [-0.1, -0.05) is 6.58 Å². The number of alkyl halides is 1. The van der Waals surface area contributed by atoms with E-state index in [4.69, 9.17) is 5.11 Å². The minimum absolute atomic E-state index is 0.0221. The fourth-order valence-corrected chi connectivity index (χ4v) is 0.753. The maximum absolute atomic E-state index is 12.2. The average Bonchev–Trinajstić information content (AvgIpc) is 1.89. The molecule has 0 amide bonds. The van der Waals surface area contributed by atoms with Crippen LogP contribution >= 0.6 is 0 Å². The summed E-state index contributed by atoms with van der Waals surface area (Å²) in [5.74, 6) is 0. The van der Waals surface area contributed by atoms with Gasteiger partial charge in [0, 0.05) is 0 Å². The van der Waals surface area contributed by atoms with Gasteiger partial charge in [0.15, 0.2) is 0 Å². The molecule has 2 nitrogen and oxygen atoms in total. The zero-order valence-electron chi connectivity index (χ0n) is 6.39. The topological polar surface area (TPSA) is 20.2 Å². The van der Waals surface area contributed by atoms with E-state index in [1.165, 1.54) is 0 Å². The third kappa shape index (κ3) is 2.94. The van der Waals surface area contributed by atoms with E-state index in [-0.39, 0.29) is 11.1 Å². The zero-order chi connectivity index (χ0) is 8.04. The summed E-state index contributed by atoms with van der Waals surface area (Å²) in [5, 5.41) is 8.54. The van der Waals surface area contributed by atoms with Crippen LogP contribution in [0.25, 0.3) is 0 Å². The van der Waals surface area contributed by atoms with Crippen LogP contribution in [0.15, 0.2) is 12.7 Å². The van der Waals surface area contributed by atoms with E-state index < -0.39 is 6.80 Å². The lowest BCUT2D eigenvalue weighted by Crippen LogP contribution is -2.45. The third-order valence-corrected chi connectivity index (χ3v) is 1.50. The molecular weight excluding hydrogens is 132 g/mol. The summed E-state index contributed by atoms with van der Waals surface area (Å²) in [6.07, 6.45) is 1.66.